The average Bonchev–Trinajstić information content (AvgIpc) is 2.48. The molecule has 0 saturated carbocycles. The monoisotopic (exact) mass is 272 g/mol. The van der Waals surface area contributed by atoms with Gasteiger partial charge < -0.3 is 5.11 Å². The van der Waals surface area contributed by atoms with E-state index >= 15 is 0 Å². The predicted octanol–water partition coefficient (Wildman–Crippen LogP) is 5.79. The van der Waals surface area contributed by atoms with E-state index in [2.05, 4.69) is 19.9 Å². The summed E-state index contributed by atoms with van der Waals surface area (Å²) in [4.78, 5) is 0. The van der Waals surface area contributed by atoms with E-state index in [0.29, 0.717) is 5.75 Å². The lowest BCUT2D eigenvalue weighted by atomic mass is 9.78. The van der Waals surface area contributed by atoms with Crippen molar-refractivity contribution in [3.8, 4) is 5.75 Å². The van der Waals surface area contributed by atoms with Crippen LogP contribution < -0.4 is 0 Å². The minimum absolute atomic E-state index is 0.354. The first-order valence-corrected chi connectivity index (χ1v) is 8.19. The molecular formula is C19H28O. The SMILES string of the molecule is CCCCCC(C)C1CC=C(c2ccc(O)cc2)CC1. The van der Waals surface area contributed by atoms with E-state index in [1.54, 1.807) is 12.1 Å². The maximum Gasteiger partial charge on any atom is 0.115 e. The Morgan fingerprint density at radius 1 is 1.20 bits per heavy atom. The van der Waals surface area contributed by atoms with E-state index in [0.717, 1.165) is 11.8 Å². The fourth-order valence-electron chi connectivity index (χ4n) is 3.26. The van der Waals surface area contributed by atoms with E-state index in [1.165, 1.54) is 56.1 Å². The van der Waals surface area contributed by atoms with Crippen molar-refractivity contribution in [2.75, 3.05) is 0 Å². The fourth-order valence-corrected chi connectivity index (χ4v) is 3.26. The predicted molar refractivity (Wildman–Crippen MR) is 86.7 cm³/mol. The quantitative estimate of drug-likeness (QED) is 0.650. The maximum absolute atomic E-state index is 9.35. The summed E-state index contributed by atoms with van der Waals surface area (Å²) in [7, 11) is 0. The summed E-state index contributed by atoms with van der Waals surface area (Å²) >= 11 is 0. The summed E-state index contributed by atoms with van der Waals surface area (Å²) in [6.07, 6.45) is 11.6. The number of hydrogen-bond donors (Lipinski definition) is 1. The minimum Gasteiger partial charge on any atom is -0.508 e. The van der Waals surface area contributed by atoms with Crippen molar-refractivity contribution in [3.05, 3.63) is 35.9 Å². The van der Waals surface area contributed by atoms with E-state index in [9.17, 15) is 5.11 Å². The second kappa shape index (κ2) is 7.52. The highest BCUT2D eigenvalue weighted by molar-refractivity contribution is 5.66. The summed E-state index contributed by atoms with van der Waals surface area (Å²) in [6, 6.07) is 7.64. The smallest absolute Gasteiger partial charge is 0.115 e. The third-order valence-corrected chi connectivity index (χ3v) is 4.76. The molecule has 1 aliphatic rings. The van der Waals surface area contributed by atoms with Crippen molar-refractivity contribution >= 4 is 5.57 Å². The Balaban J connectivity index is 1.88. The van der Waals surface area contributed by atoms with E-state index in [-0.39, 0.29) is 0 Å². The molecule has 0 aliphatic heterocycles. The van der Waals surface area contributed by atoms with Crippen LogP contribution in [-0.4, -0.2) is 5.11 Å². The van der Waals surface area contributed by atoms with E-state index in [4.69, 9.17) is 0 Å². The van der Waals surface area contributed by atoms with Gasteiger partial charge in [0.25, 0.3) is 0 Å². The number of rotatable bonds is 6. The summed E-state index contributed by atoms with van der Waals surface area (Å²) in [5, 5.41) is 9.35. The Labute approximate surface area is 123 Å². The second-order valence-corrected chi connectivity index (χ2v) is 6.28. The second-order valence-electron chi connectivity index (χ2n) is 6.28. The van der Waals surface area contributed by atoms with Crippen molar-refractivity contribution in [1.29, 1.82) is 0 Å². The van der Waals surface area contributed by atoms with Gasteiger partial charge in [0.2, 0.25) is 0 Å². The molecule has 0 bridgehead atoms. The molecule has 2 atom stereocenters. The van der Waals surface area contributed by atoms with Crippen molar-refractivity contribution in [2.45, 2.75) is 58.8 Å². The minimum atomic E-state index is 0.354. The summed E-state index contributed by atoms with van der Waals surface area (Å²) in [5.41, 5.74) is 2.74. The highest BCUT2D eigenvalue weighted by Gasteiger charge is 2.20. The third kappa shape index (κ3) is 4.13. The van der Waals surface area contributed by atoms with Crippen LogP contribution in [0.15, 0.2) is 30.3 Å². The molecule has 1 aromatic rings. The lowest BCUT2D eigenvalue weighted by Gasteiger charge is -2.27. The van der Waals surface area contributed by atoms with Crippen molar-refractivity contribution in [3.63, 3.8) is 0 Å². The van der Waals surface area contributed by atoms with Crippen LogP contribution in [0.1, 0.15) is 64.4 Å². The van der Waals surface area contributed by atoms with Gasteiger partial charge in [-0.3, -0.25) is 0 Å². The van der Waals surface area contributed by atoms with Crippen LogP contribution >= 0.6 is 0 Å². The molecule has 1 aliphatic carbocycles. The molecular weight excluding hydrogens is 244 g/mol. The molecule has 1 nitrogen and oxygen atoms in total. The molecule has 0 radical (unpaired) electrons. The standard InChI is InChI=1S/C19H28O/c1-3-4-5-6-15(2)16-7-9-17(10-8-16)18-11-13-19(20)14-12-18/h9,11-16,20H,3-8,10H2,1-2H3. The van der Waals surface area contributed by atoms with Gasteiger partial charge in [-0.05, 0) is 54.4 Å². The van der Waals surface area contributed by atoms with Gasteiger partial charge in [0.05, 0.1) is 0 Å². The normalized spacial score (nSPS) is 20.5. The zero-order valence-corrected chi connectivity index (χ0v) is 12.9. The van der Waals surface area contributed by atoms with Gasteiger partial charge in [0, 0.05) is 0 Å². The molecule has 0 saturated heterocycles. The molecule has 0 amide bonds. The molecule has 0 heterocycles. The Kier molecular flexibility index (Phi) is 5.70. The molecule has 1 N–H and O–H groups in total. The van der Waals surface area contributed by atoms with Gasteiger partial charge in [0.1, 0.15) is 5.75 Å². The first-order chi connectivity index (χ1) is 9.70. The highest BCUT2D eigenvalue weighted by atomic mass is 16.3. The summed E-state index contributed by atoms with van der Waals surface area (Å²) < 4.78 is 0. The van der Waals surface area contributed by atoms with E-state index in [1.807, 2.05) is 12.1 Å². The number of aromatic hydroxyl groups is 1. The lowest BCUT2D eigenvalue weighted by Crippen LogP contribution is -2.14. The molecule has 0 spiro atoms. The Bertz CT molecular complexity index is 430. The van der Waals surface area contributed by atoms with Crippen LogP contribution in [-0.2, 0) is 0 Å². The van der Waals surface area contributed by atoms with Crippen LogP contribution in [0.25, 0.3) is 5.57 Å². The van der Waals surface area contributed by atoms with Gasteiger partial charge in [-0.25, -0.2) is 0 Å². The highest BCUT2D eigenvalue weighted by Crippen LogP contribution is 2.35. The van der Waals surface area contributed by atoms with Crippen LogP contribution in [0.2, 0.25) is 0 Å². The molecule has 110 valence electrons. The fraction of sp³-hybridized carbons (Fsp3) is 0.579. The lowest BCUT2D eigenvalue weighted by molar-refractivity contribution is 0.308. The number of phenols is 1. The van der Waals surface area contributed by atoms with Gasteiger partial charge in [-0.1, -0.05) is 57.7 Å². The number of phenolic OH excluding ortho intramolecular Hbond substituents is 1. The van der Waals surface area contributed by atoms with Crippen LogP contribution in [0.4, 0.5) is 0 Å². The van der Waals surface area contributed by atoms with Crippen LogP contribution in [0.5, 0.6) is 5.75 Å². The first kappa shape index (κ1) is 15.2. The van der Waals surface area contributed by atoms with E-state index < -0.39 is 0 Å². The largest absolute Gasteiger partial charge is 0.508 e. The zero-order chi connectivity index (χ0) is 14.4. The first-order valence-electron chi connectivity index (χ1n) is 8.19. The maximum atomic E-state index is 9.35. The van der Waals surface area contributed by atoms with Crippen LogP contribution in [0.3, 0.4) is 0 Å². The topological polar surface area (TPSA) is 20.2 Å². The average molecular weight is 272 g/mol. The van der Waals surface area contributed by atoms with Crippen molar-refractivity contribution in [1.82, 2.24) is 0 Å². The molecule has 20 heavy (non-hydrogen) atoms. The molecule has 2 unspecified atom stereocenters. The zero-order valence-electron chi connectivity index (χ0n) is 12.9. The number of allylic oxidation sites excluding steroid dienone is 2. The summed E-state index contributed by atoms with van der Waals surface area (Å²) in [5.74, 6) is 2.08. The molecule has 0 aromatic heterocycles. The molecule has 1 aromatic carbocycles. The van der Waals surface area contributed by atoms with Gasteiger partial charge in [0.15, 0.2) is 0 Å². The third-order valence-electron chi connectivity index (χ3n) is 4.76. The molecule has 2 rings (SSSR count). The summed E-state index contributed by atoms with van der Waals surface area (Å²) in [6.45, 7) is 4.71. The Morgan fingerprint density at radius 3 is 2.55 bits per heavy atom. The molecule has 0 fully saturated rings. The Morgan fingerprint density at radius 2 is 1.95 bits per heavy atom. The Hall–Kier alpha value is -1.24. The van der Waals surface area contributed by atoms with Gasteiger partial charge in [-0.15, -0.1) is 0 Å². The number of unbranched alkanes of at least 4 members (excludes halogenated alkanes) is 2. The van der Waals surface area contributed by atoms with Crippen molar-refractivity contribution < 1.29 is 5.11 Å². The molecule has 1 heteroatoms. The number of benzene rings is 1. The van der Waals surface area contributed by atoms with Crippen molar-refractivity contribution in [2.24, 2.45) is 11.8 Å². The number of hydrogen-bond acceptors (Lipinski definition) is 1. The van der Waals surface area contributed by atoms with Gasteiger partial charge in [-0.2, -0.15) is 0 Å². The van der Waals surface area contributed by atoms with Crippen LogP contribution in [0, 0.1) is 11.8 Å². The van der Waals surface area contributed by atoms with Gasteiger partial charge >= 0.3 is 0 Å².